The zero-order chi connectivity index (χ0) is 12.2. The first-order valence-corrected chi connectivity index (χ1v) is 7.30. The second kappa shape index (κ2) is 5.49. The molecule has 0 aromatic carbocycles. The Morgan fingerprint density at radius 1 is 1.62 bits per heavy atom. The minimum absolute atomic E-state index is 0.0783. The Labute approximate surface area is 96.8 Å². The van der Waals surface area contributed by atoms with Gasteiger partial charge in [0.25, 0.3) is 0 Å². The lowest BCUT2D eigenvalue weighted by Gasteiger charge is -2.35. The van der Waals surface area contributed by atoms with Crippen LogP contribution in [0.5, 0.6) is 0 Å². The third-order valence-electron chi connectivity index (χ3n) is 2.56. The van der Waals surface area contributed by atoms with Crippen molar-refractivity contribution in [2.24, 2.45) is 10.8 Å². The van der Waals surface area contributed by atoms with Crippen LogP contribution in [0.3, 0.4) is 0 Å². The molecule has 94 valence electrons. The van der Waals surface area contributed by atoms with Crippen LogP contribution in [-0.2, 0) is 9.84 Å². The van der Waals surface area contributed by atoms with E-state index in [0.717, 1.165) is 6.42 Å². The maximum atomic E-state index is 11.4. The molecule has 1 aliphatic heterocycles. The number of hydrogen-bond acceptors (Lipinski definition) is 4. The lowest BCUT2D eigenvalue weighted by atomic mass is 10.3. The molecule has 1 rings (SSSR count). The van der Waals surface area contributed by atoms with E-state index >= 15 is 0 Å². The molecule has 1 aliphatic rings. The van der Waals surface area contributed by atoms with E-state index in [4.69, 9.17) is 5.84 Å². The van der Waals surface area contributed by atoms with Crippen LogP contribution in [0.2, 0.25) is 0 Å². The summed E-state index contributed by atoms with van der Waals surface area (Å²) < 4.78 is 22.8. The van der Waals surface area contributed by atoms with Crippen LogP contribution in [0.4, 0.5) is 0 Å². The average Bonchev–Trinajstić information content (AvgIpc) is 2.20. The minimum atomic E-state index is -2.89. The van der Waals surface area contributed by atoms with E-state index in [1.54, 1.807) is 0 Å². The molecule has 1 heterocycles. The van der Waals surface area contributed by atoms with Gasteiger partial charge in [0.1, 0.15) is 0 Å². The summed E-state index contributed by atoms with van der Waals surface area (Å²) in [6.45, 7) is 5.04. The summed E-state index contributed by atoms with van der Waals surface area (Å²) in [6.07, 6.45) is 0.936. The van der Waals surface area contributed by atoms with Crippen molar-refractivity contribution >= 4 is 15.8 Å². The van der Waals surface area contributed by atoms with Crippen LogP contribution in [0.25, 0.3) is 0 Å². The van der Waals surface area contributed by atoms with Crippen LogP contribution >= 0.6 is 0 Å². The molecule has 3 N–H and O–H groups in total. The molecule has 0 aliphatic carbocycles. The smallest absolute Gasteiger partial charge is 0.208 e. The predicted molar refractivity (Wildman–Crippen MR) is 64.7 cm³/mol. The van der Waals surface area contributed by atoms with Gasteiger partial charge in [0, 0.05) is 19.1 Å². The highest BCUT2D eigenvalue weighted by molar-refractivity contribution is 7.91. The van der Waals surface area contributed by atoms with Crippen LogP contribution in [0, 0.1) is 0 Å². The largest absolute Gasteiger partial charge is 0.337 e. The molecule has 0 aromatic heterocycles. The van der Waals surface area contributed by atoms with Gasteiger partial charge in [-0.2, -0.15) is 0 Å². The van der Waals surface area contributed by atoms with Crippen molar-refractivity contribution in [1.82, 2.24) is 10.3 Å². The Bertz CT molecular complexity index is 353. The molecular weight excluding hydrogens is 228 g/mol. The zero-order valence-corrected chi connectivity index (χ0v) is 10.6. The summed E-state index contributed by atoms with van der Waals surface area (Å²) in [5.41, 5.74) is 2.55. The van der Waals surface area contributed by atoms with Gasteiger partial charge in [0.2, 0.25) is 5.96 Å². The first-order chi connectivity index (χ1) is 7.50. The van der Waals surface area contributed by atoms with E-state index in [1.165, 1.54) is 0 Å². The molecule has 1 atom stereocenters. The van der Waals surface area contributed by atoms with Crippen molar-refractivity contribution in [3.8, 4) is 0 Å². The lowest BCUT2D eigenvalue weighted by molar-refractivity contribution is 0.340. The van der Waals surface area contributed by atoms with Crippen molar-refractivity contribution in [3.05, 3.63) is 0 Å². The summed E-state index contributed by atoms with van der Waals surface area (Å²) in [5, 5.41) is 0. The molecule has 1 fully saturated rings. The summed E-state index contributed by atoms with van der Waals surface area (Å²) in [4.78, 5) is 6.21. The zero-order valence-electron chi connectivity index (χ0n) is 9.81. The van der Waals surface area contributed by atoms with Crippen molar-refractivity contribution in [3.63, 3.8) is 0 Å². The number of guanidine groups is 1. The fourth-order valence-corrected chi connectivity index (χ4v) is 3.31. The van der Waals surface area contributed by atoms with Gasteiger partial charge in [-0.1, -0.05) is 6.92 Å². The molecule has 1 unspecified atom stereocenters. The molecule has 0 radical (unpaired) electrons. The van der Waals surface area contributed by atoms with E-state index in [1.807, 2.05) is 18.7 Å². The molecule has 7 heteroatoms. The number of aliphatic imine (C=N–C) groups is 1. The molecule has 0 saturated carbocycles. The maximum absolute atomic E-state index is 11.4. The Morgan fingerprint density at radius 3 is 2.81 bits per heavy atom. The Hall–Kier alpha value is -0.820. The first kappa shape index (κ1) is 13.2. The van der Waals surface area contributed by atoms with E-state index < -0.39 is 9.84 Å². The quantitative estimate of drug-likeness (QED) is 0.293. The molecule has 0 bridgehead atoms. The molecular formula is C9H20N4O2S. The Balaban J connectivity index is 2.73. The number of sulfone groups is 1. The van der Waals surface area contributed by atoms with Gasteiger partial charge in [0.05, 0.1) is 11.5 Å². The number of nitrogens with zero attached hydrogens (tertiary/aromatic N) is 2. The van der Waals surface area contributed by atoms with Crippen molar-refractivity contribution in [2.45, 2.75) is 26.3 Å². The second-order valence-electron chi connectivity index (χ2n) is 4.01. The van der Waals surface area contributed by atoms with Gasteiger partial charge in [-0.25, -0.2) is 14.3 Å². The summed E-state index contributed by atoms with van der Waals surface area (Å²) in [6, 6.07) is -0.0783. The van der Waals surface area contributed by atoms with Gasteiger partial charge in [-0.3, -0.25) is 10.4 Å². The standard InChI is InChI=1S/C9H20N4O2S/c1-3-4-11-9(12-10)13-5-6-16(14,15)7-8(13)2/h8H,3-7,10H2,1-2H3,(H,11,12). The minimum Gasteiger partial charge on any atom is -0.337 e. The fourth-order valence-electron chi connectivity index (χ4n) is 1.75. The van der Waals surface area contributed by atoms with Gasteiger partial charge in [-0.05, 0) is 13.3 Å². The maximum Gasteiger partial charge on any atom is 0.208 e. The first-order valence-electron chi connectivity index (χ1n) is 5.48. The summed E-state index contributed by atoms with van der Waals surface area (Å²) in [5.74, 6) is 6.33. The van der Waals surface area contributed by atoms with Crippen LogP contribution in [0.1, 0.15) is 20.3 Å². The number of nitrogens with two attached hydrogens (primary N) is 1. The topological polar surface area (TPSA) is 87.8 Å². The normalized spacial score (nSPS) is 25.6. The average molecular weight is 248 g/mol. The highest BCUT2D eigenvalue weighted by atomic mass is 32.2. The van der Waals surface area contributed by atoms with Crippen LogP contribution < -0.4 is 11.3 Å². The highest BCUT2D eigenvalue weighted by Crippen LogP contribution is 2.11. The Kier molecular flexibility index (Phi) is 4.55. The third-order valence-corrected chi connectivity index (χ3v) is 4.35. The predicted octanol–water partition coefficient (Wildman–Crippen LogP) is -0.665. The van der Waals surface area contributed by atoms with E-state index in [9.17, 15) is 8.42 Å². The molecule has 0 amide bonds. The highest BCUT2D eigenvalue weighted by Gasteiger charge is 2.29. The van der Waals surface area contributed by atoms with Gasteiger partial charge >= 0.3 is 0 Å². The molecule has 16 heavy (non-hydrogen) atoms. The molecule has 0 aromatic rings. The number of hydrogen-bond donors (Lipinski definition) is 2. The second-order valence-corrected chi connectivity index (χ2v) is 6.24. The van der Waals surface area contributed by atoms with Crippen LogP contribution in [-0.4, -0.2) is 49.9 Å². The number of rotatable bonds is 2. The summed E-state index contributed by atoms with van der Waals surface area (Å²) in [7, 11) is -2.89. The lowest BCUT2D eigenvalue weighted by Crippen LogP contribution is -2.55. The van der Waals surface area contributed by atoms with Crippen molar-refractivity contribution in [1.29, 1.82) is 0 Å². The van der Waals surface area contributed by atoms with E-state index in [-0.39, 0.29) is 17.5 Å². The van der Waals surface area contributed by atoms with Crippen molar-refractivity contribution in [2.75, 3.05) is 24.6 Å². The van der Waals surface area contributed by atoms with E-state index in [0.29, 0.717) is 19.0 Å². The Morgan fingerprint density at radius 2 is 2.31 bits per heavy atom. The number of hydrazine groups is 1. The van der Waals surface area contributed by atoms with Gasteiger partial charge in [-0.15, -0.1) is 0 Å². The fraction of sp³-hybridized carbons (Fsp3) is 0.889. The third kappa shape index (κ3) is 3.34. The SMILES string of the molecule is CCCN=C(NN)N1CCS(=O)(=O)CC1C. The molecule has 6 nitrogen and oxygen atoms in total. The molecule has 0 spiro atoms. The van der Waals surface area contributed by atoms with Gasteiger partial charge < -0.3 is 4.90 Å². The number of nitrogens with one attached hydrogen (secondary N) is 1. The van der Waals surface area contributed by atoms with Crippen LogP contribution in [0.15, 0.2) is 4.99 Å². The van der Waals surface area contributed by atoms with E-state index in [2.05, 4.69) is 10.4 Å². The van der Waals surface area contributed by atoms with Gasteiger partial charge in [0.15, 0.2) is 9.84 Å². The summed E-state index contributed by atoms with van der Waals surface area (Å²) >= 11 is 0. The molecule has 1 saturated heterocycles. The monoisotopic (exact) mass is 248 g/mol. The van der Waals surface area contributed by atoms with Crippen molar-refractivity contribution < 1.29 is 8.42 Å².